The van der Waals surface area contributed by atoms with Gasteiger partial charge in [0.2, 0.25) is 0 Å². The van der Waals surface area contributed by atoms with Crippen molar-refractivity contribution in [3.8, 4) is 0 Å². The molecule has 0 aromatic heterocycles. The van der Waals surface area contributed by atoms with Gasteiger partial charge in [-0.2, -0.15) is 13.2 Å². The first kappa shape index (κ1) is 15.6. The molecule has 1 nitrogen and oxygen atoms in total. The van der Waals surface area contributed by atoms with Gasteiger partial charge in [-0.3, -0.25) is 0 Å². The van der Waals surface area contributed by atoms with Crippen molar-refractivity contribution in [2.24, 2.45) is 11.8 Å². The fraction of sp³-hybridized carbons (Fsp3) is 0.571. The van der Waals surface area contributed by atoms with Crippen LogP contribution in [0.25, 0.3) is 0 Å². The number of hydrogen-bond donors (Lipinski definition) is 1. The Kier molecular flexibility index (Phi) is 4.30. The van der Waals surface area contributed by atoms with E-state index in [0.29, 0.717) is 11.8 Å². The molecule has 1 heterocycles. The Morgan fingerprint density at radius 2 is 1.65 bits per heavy atom. The SMILES string of the molecule is Cl.Fc1ccc(C(F)(F)F)c(C2C[C@H]3CNC[C@@H]3C2)c1. The molecule has 1 aromatic carbocycles. The molecule has 3 rings (SSSR count). The van der Waals surface area contributed by atoms with E-state index in [1.54, 1.807) is 0 Å². The van der Waals surface area contributed by atoms with Crippen molar-refractivity contribution in [1.29, 1.82) is 0 Å². The Hall–Kier alpha value is -0.810. The zero-order valence-electron chi connectivity index (χ0n) is 10.7. The van der Waals surface area contributed by atoms with Gasteiger partial charge < -0.3 is 5.32 Å². The van der Waals surface area contributed by atoms with Crippen molar-refractivity contribution in [3.05, 3.63) is 35.1 Å². The predicted octanol–water partition coefficient (Wildman–Crippen LogP) is 3.98. The highest BCUT2D eigenvalue weighted by Crippen LogP contribution is 2.47. The Morgan fingerprint density at radius 3 is 2.20 bits per heavy atom. The van der Waals surface area contributed by atoms with E-state index in [2.05, 4.69) is 5.32 Å². The first-order valence-electron chi connectivity index (χ1n) is 6.52. The van der Waals surface area contributed by atoms with Crippen molar-refractivity contribution in [3.63, 3.8) is 0 Å². The van der Waals surface area contributed by atoms with Crippen molar-refractivity contribution >= 4 is 12.4 Å². The molecule has 1 saturated carbocycles. The van der Waals surface area contributed by atoms with E-state index >= 15 is 0 Å². The molecule has 0 bridgehead atoms. The number of halogens is 5. The van der Waals surface area contributed by atoms with E-state index in [9.17, 15) is 17.6 Å². The lowest BCUT2D eigenvalue weighted by atomic mass is 9.91. The van der Waals surface area contributed by atoms with Crippen molar-refractivity contribution in [2.75, 3.05) is 13.1 Å². The van der Waals surface area contributed by atoms with Crippen LogP contribution in [0.3, 0.4) is 0 Å². The molecule has 2 atom stereocenters. The lowest BCUT2D eigenvalue weighted by molar-refractivity contribution is -0.138. The third-order valence-corrected chi connectivity index (χ3v) is 4.41. The zero-order chi connectivity index (χ0) is 13.6. The van der Waals surface area contributed by atoms with Crippen molar-refractivity contribution in [2.45, 2.75) is 24.9 Å². The smallest absolute Gasteiger partial charge is 0.316 e. The molecule has 2 fully saturated rings. The van der Waals surface area contributed by atoms with Gasteiger partial charge in [-0.1, -0.05) is 0 Å². The highest BCUT2D eigenvalue weighted by atomic mass is 35.5. The summed E-state index contributed by atoms with van der Waals surface area (Å²) in [7, 11) is 0. The number of alkyl halides is 3. The highest BCUT2D eigenvalue weighted by Gasteiger charge is 2.42. The van der Waals surface area contributed by atoms with Gasteiger partial charge in [-0.15, -0.1) is 12.4 Å². The summed E-state index contributed by atoms with van der Waals surface area (Å²) in [6, 6.07) is 2.84. The van der Waals surface area contributed by atoms with Crippen LogP contribution in [0.4, 0.5) is 17.6 Å². The van der Waals surface area contributed by atoms with Gasteiger partial charge in [0.1, 0.15) is 5.82 Å². The summed E-state index contributed by atoms with van der Waals surface area (Å²) in [5, 5.41) is 3.26. The third kappa shape index (κ3) is 2.79. The largest absolute Gasteiger partial charge is 0.416 e. The summed E-state index contributed by atoms with van der Waals surface area (Å²) in [4.78, 5) is 0. The molecule has 0 unspecified atom stereocenters. The molecule has 0 amide bonds. The lowest BCUT2D eigenvalue weighted by Gasteiger charge is -2.18. The summed E-state index contributed by atoms with van der Waals surface area (Å²) >= 11 is 0. The second-order valence-electron chi connectivity index (χ2n) is 5.58. The number of fused-ring (bicyclic) bond motifs is 1. The Labute approximate surface area is 121 Å². The Balaban J connectivity index is 0.00000147. The molecule has 1 aromatic rings. The summed E-state index contributed by atoms with van der Waals surface area (Å²) in [6.07, 6.45) is -2.95. The van der Waals surface area contributed by atoms with Gasteiger partial charge in [0.15, 0.2) is 0 Å². The van der Waals surface area contributed by atoms with Crippen LogP contribution in [0, 0.1) is 17.7 Å². The second kappa shape index (κ2) is 5.53. The van der Waals surface area contributed by atoms with Crippen LogP contribution in [0.15, 0.2) is 18.2 Å². The van der Waals surface area contributed by atoms with Gasteiger partial charge >= 0.3 is 6.18 Å². The minimum atomic E-state index is -4.40. The van der Waals surface area contributed by atoms with E-state index in [-0.39, 0.29) is 23.9 Å². The molecule has 20 heavy (non-hydrogen) atoms. The maximum Gasteiger partial charge on any atom is 0.416 e. The molecule has 1 aliphatic carbocycles. The average Bonchev–Trinajstić information content (AvgIpc) is 2.86. The molecule has 0 spiro atoms. The number of hydrogen-bond acceptors (Lipinski definition) is 1. The quantitative estimate of drug-likeness (QED) is 0.774. The number of rotatable bonds is 1. The molecule has 1 saturated heterocycles. The predicted molar refractivity (Wildman–Crippen MR) is 70.5 cm³/mol. The monoisotopic (exact) mass is 309 g/mol. The molecule has 2 aliphatic rings. The minimum absolute atomic E-state index is 0. The zero-order valence-corrected chi connectivity index (χ0v) is 11.5. The summed E-state index contributed by atoms with van der Waals surface area (Å²) in [5.74, 6) is 0.131. The molecule has 112 valence electrons. The van der Waals surface area contributed by atoms with Gasteiger partial charge in [0.25, 0.3) is 0 Å². The fourth-order valence-corrected chi connectivity index (χ4v) is 3.55. The Morgan fingerprint density at radius 1 is 1.05 bits per heavy atom. The van der Waals surface area contributed by atoms with Gasteiger partial charge in [-0.05, 0) is 67.4 Å². The van der Waals surface area contributed by atoms with Crippen molar-refractivity contribution < 1.29 is 17.6 Å². The molecule has 1 aliphatic heterocycles. The number of benzene rings is 1. The standard InChI is InChI=1S/C14H15F4N.ClH/c15-11-1-2-13(14(16,17)18)12(5-11)8-3-9-6-19-7-10(9)4-8;/h1-2,5,8-10,19H,3-4,6-7H2;1H/t9-,10-;/m0./s1. The topological polar surface area (TPSA) is 12.0 Å². The van der Waals surface area contributed by atoms with E-state index in [1.165, 1.54) is 0 Å². The van der Waals surface area contributed by atoms with E-state index in [0.717, 1.165) is 44.1 Å². The molecule has 0 radical (unpaired) electrons. The van der Waals surface area contributed by atoms with Gasteiger partial charge in [0, 0.05) is 0 Å². The molecule has 6 heteroatoms. The number of nitrogens with one attached hydrogen (secondary N) is 1. The van der Waals surface area contributed by atoms with Gasteiger partial charge in [0.05, 0.1) is 5.56 Å². The maximum absolute atomic E-state index is 13.3. The third-order valence-electron chi connectivity index (χ3n) is 4.41. The van der Waals surface area contributed by atoms with Crippen LogP contribution in [0.5, 0.6) is 0 Å². The molecule has 1 N–H and O–H groups in total. The van der Waals surface area contributed by atoms with Crippen LogP contribution in [-0.4, -0.2) is 13.1 Å². The first-order valence-corrected chi connectivity index (χ1v) is 6.52. The van der Waals surface area contributed by atoms with Crippen LogP contribution in [0.1, 0.15) is 29.9 Å². The summed E-state index contributed by atoms with van der Waals surface area (Å²) < 4.78 is 52.3. The van der Waals surface area contributed by atoms with E-state index in [1.807, 2.05) is 0 Å². The van der Waals surface area contributed by atoms with Crippen molar-refractivity contribution in [1.82, 2.24) is 5.32 Å². The van der Waals surface area contributed by atoms with E-state index in [4.69, 9.17) is 0 Å². The fourth-order valence-electron chi connectivity index (χ4n) is 3.55. The summed E-state index contributed by atoms with van der Waals surface area (Å²) in [6.45, 7) is 1.75. The molecular formula is C14H16ClF4N. The minimum Gasteiger partial charge on any atom is -0.316 e. The van der Waals surface area contributed by atoms with Crippen LogP contribution >= 0.6 is 12.4 Å². The van der Waals surface area contributed by atoms with E-state index < -0.39 is 17.6 Å². The summed E-state index contributed by atoms with van der Waals surface area (Å²) in [5.41, 5.74) is -0.534. The Bertz CT molecular complexity index is 477. The van der Waals surface area contributed by atoms with Crippen LogP contribution in [-0.2, 0) is 6.18 Å². The highest BCUT2D eigenvalue weighted by molar-refractivity contribution is 5.85. The van der Waals surface area contributed by atoms with Gasteiger partial charge in [-0.25, -0.2) is 4.39 Å². The first-order chi connectivity index (χ1) is 8.95. The maximum atomic E-state index is 13.3. The van der Waals surface area contributed by atoms with Crippen LogP contribution in [0.2, 0.25) is 0 Å². The van der Waals surface area contributed by atoms with Crippen LogP contribution < -0.4 is 5.32 Å². The average molecular weight is 310 g/mol. The second-order valence-corrected chi connectivity index (χ2v) is 5.58. The normalized spacial score (nSPS) is 26.4. The lowest BCUT2D eigenvalue weighted by Crippen LogP contribution is -2.15. The molecular weight excluding hydrogens is 294 g/mol.